The fourth-order valence-electron chi connectivity index (χ4n) is 4.69. The molecule has 0 aromatic carbocycles. The first kappa shape index (κ1) is 22.1. The Kier molecular flexibility index (Phi) is 4.81. The second kappa shape index (κ2) is 7.40. The van der Waals surface area contributed by atoms with Gasteiger partial charge in [0.2, 0.25) is 0 Å². The zero-order chi connectivity index (χ0) is 24.5. The maximum atomic E-state index is 13.5. The Morgan fingerprint density at radius 3 is 2.50 bits per heavy atom. The summed E-state index contributed by atoms with van der Waals surface area (Å²) in [7, 11) is 4.99. The second-order valence-corrected chi connectivity index (χ2v) is 8.62. The molecule has 0 aliphatic carbocycles. The number of nitrogens with zero attached hydrogens (tertiary/aromatic N) is 8. The number of hydrogen-bond donors (Lipinski definition) is 0. The molecule has 1 aliphatic rings. The SMILES string of the molecule is Cc1cc2c(cnn2C)nc1C(=O)N1CCc2c(nn(C)c2-c2cc(C(F)(F)F)nn2C)[C@@H]1C. The van der Waals surface area contributed by atoms with Crippen molar-refractivity contribution in [3.8, 4) is 11.4 Å². The van der Waals surface area contributed by atoms with Crippen LogP contribution in [-0.4, -0.2) is 51.7 Å². The molecule has 9 nitrogen and oxygen atoms in total. The number of aromatic nitrogens is 7. The van der Waals surface area contributed by atoms with Crippen LogP contribution in [-0.2, 0) is 33.7 Å². The fraction of sp³-hybridized carbons (Fsp3) is 0.409. The molecule has 0 bridgehead atoms. The van der Waals surface area contributed by atoms with Gasteiger partial charge in [0, 0.05) is 33.3 Å². The smallest absolute Gasteiger partial charge is 0.329 e. The number of amides is 1. The summed E-state index contributed by atoms with van der Waals surface area (Å²) in [5, 5.41) is 12.4. The molecule has 5 rings (SSSR count). The van der Waals surface area contributed by atoms with Crippen LogP contribution in [0.25, 0.3) is 22.4 Å². The molecule has 4 aromatic heterocycles. The van der Waals surface area contributed by atoms with Gasteiger partial charge < -0.3 is 4.90 Å². The topological polar surface area (TPSA) is 86.7 Å². The molecule has 0 saturated carbocycles. The number of alkyl halides is 3. The zero-order valence-electron chi connectivity index (χ0n) is 19.3. The summed E-state index contributed by atoms with van der Waals surface area (Å²) in [6, 6.07) is 2.55. The molecular weight excluding hydrogens is 449 g/mol. The number of rotatable bonds is 2. The Labute approximate surface area is 192 Å². The van der Waals surface area contributed by atoms with Crippen LogP contribution in [0.5, 0.6) is 0 Å². The number of carbonyl (C=O) groups excluding carboxylic acids is 1. The Hall–Kier alpha value is -3.70. The van der Waals surface area contributed by atoms with Crippen molar-refractivity contribution in [3.05, 3.63) is 46.5 Å². The second-order valence-electron chi connectivity index (χ2n) is 8.62. The first-order valence-electron chi connectivity index (χ1n) is 10.7. The van der Waals surface area contributed by atoms with Crippen LogP contribution in [0.4, 0.5) is 13.2 Å². The molecule has 1 amide bonds. The third-order valence-electron chi connectivity index (χ3n) is 6.44. The Morgan fingerprint density at radius 2 is 1.82 bits per heavy atom. The fourth-order valence-corrected chi connectivity index (χ4v) is 4.69. The number of fused-ring (bicyclic) bond motifs is 2. The first-order valence-corrected chi connectivity index (χ1v) is 10.7. The summed E-state index contributed by atoms with van der Waals surface area (Å²) in [5.74, 6) is -0.214. The third kappa shape index (κ3) is 3.27. The lowest BCUT2D eigenvalue weighted by atomic mass is 9.96. The molecule has 178 valence electrons. The first-order chi connectivity index (χ1) is 16.0. The van der Waals surface area contributed by atoms with Crippen LogP contribution in [0.3, 0.4) is 0 Å². The molecule has 0 N–H and O–H groups in total. The van der Waals surface area contributed by atoms with Gasteiger partial charge in [-0.2, -0.15) is 28.5 Å². The summed E-state index contributed by atoms with van der Waals surface area (Å²) in [5.41, 5.74) is 4.01. The van der Waals surface area contributed by atoms with Crippen LogP contribution in [0.1, 0.15) is 46.0 Å². The Morgan fingerprint density at radius 1 is 1.09 bits per heavy atom. The van der Waals surface area contributed by atoms with Crippen LogP contribution >= 0.6 is 0 Å². The van der Waals surface area contributed by atoms with Gasteiger partial charge in [0.25, 0.3) is 5.91 Å². The van der Waals surface area contributed by atoms with E-state index in [0.29, 0.717) is 41.3 Å². The molecule has 0 radical (unpaired) electrons. The molecule has 34 heavy (non-hydrogen) atoms. The van der Waals surface area contributed by atoms with Crippen molar-refractivity contribution in [2.75, 3.05) is 6.54 Å². The Balaban J connectivity index is 1.51. The standard InChI is InChI=1S/C22H23F3N8O/c1-11-8-15-14(10-26-30(15)3)27-18(11)21(34)33-7-6-13-19(12(33)2)29-32(5)20(13)16-9-17(22(23,24)25)28-31(16)4/h8-10,12H,6-7H2,1-5H3/t12-/m0/s1. The minimum atomic E-state index is -4.54. The van der Waals surface area contributed by atoms with Gasteiger partial charge in [-0.15, -0.1) is 0 Å². The van der Waals surface area contributed by atoms with E-state index in [-0.39, 0.29) is 11.9 Å². The molecule has 1 atom stereocenters. The van der Waals surface area contributed by atoms with Crippen molar-refractivity contribution >= 4 is 16.9 Å². The minimum Gasteiger partial charge on any atom is -0.329 e. The van der Waals surface area contributed by atoms with Gasteiger partial charge >= 0.3 is 6.18 Å². The van der Waals surface area contributed by atoms with Gasteiger partial charge in [-0.05, 0) is 38.0 Å². The van der Waals surface area contributed by atoms with Crippen molar-refractivity contribution in [3.63, 3.8) is 0 Å². The molecular formula is C22H23F3N8O. The Bertz CT molecular complexity index is 1440. The van der Waals surface area contributed by atoms with E-state index in [1.807, 2.05) is 27.0 Å². The molecule has 0 unspecified atom stereocenters. The van der Waals surface area contributed by atoms with Gasteiger partial charge in [-0.25, -0.2) is 4.98 Å². The molecule has 5 heterocycles. The van der Waals surface area contributed by atoms with Crippen molar-refractivity contribution in [1.29, 1.82) is 0 Å². The van der Waals surface area contributed by atoms with Gasteiger partial charge in [0.15, 0.2) is 5.69 Å². The lowest BCUT2D eigenvalue weighted by Crippen LogP contribution is -2.39. The van der Waals surface area contributed by atoms with E-state index in [0.717, 1.165) is 22.7 Å². The largest absolute Gasteiger partial charge is 0.435 e. The highest BCUT2D eigenvalue weighted by Crippen LogP contribution is 2.38. The van der Waals surface area contributed by atoms with E-state index in [1.165, 1.54) is 11.7 Å². The van der Waals surface area contributed by atoms with Crippen LogP contribution in [0.2, 0.25) is 0 Å². The van der Waals surface area contributed by atoms with Crippen molar-refractivity contribution in [2.45, 2.75) is 32.5 Å². The van der Waals surface area contributed by atoms with Gasteiger partial charge in [0.05, 0.1) is 34.8 Å². The average molecular weight is 472 g/mol. The number of hydrogen-bond acceptors (Lipinski definition) is 5. The van der Waals surface area contributed by atoms with Gasteiger partial charge in [0.1, 0.15) is 11.2 Å². The quantitative estimate of drug-likeness (QED) is 0.447. The number of pyridine rings is 1. The third-order valence-corrected chi connectivity index (χ3v) is 6.44. The van der Waals surface area contributed by atoms with Gasteiger partial charge in [-0.1, -0.05) is 0 Å². The van der Waals surface area contributed by atoms with E-state index in [2.05, 4.69) is 20.3 Å². The number of halogens is 3. The average Bonchev–Trinajstić information content (AvgIpc) is 3.42. The highest BCUT2D eigenvalue weighted by atomic mass is 19.4. The number of aryl methyl sites for hydroxylation is 4. The van der Waals surface area contributed by atoms with E-state index < -0.39 is 11.9 Å². The highest BCUT2D eigenvalue weighted by molar-refractivity contribution is 5.96. The van der Waals surface area contributed by atoms with Crippen LogP contribution in [0, 0.1) is 6.92 Å². The lowest BCUT2D eigenvalue weighted by molar-refractivity contribution is -0.141. The summed E-state index contributed by atoms with van der Waals surface area (Å²) in [4.78, 5) is 19.7. The van der Waals surface area contributed by atoms with E-state index in [1.54, 1.807) is 27.5 Å². The summed E-state index contributed by atoms with van der Waals surface area (Å²) in [6.45, 7) is 4.10. The highest BCUT2D eigenvalue weighted by Gasteiger charge is 2.38. The van der Waals surface area contributed by atoms with Gasteiger partial charge in [-0.3, -0.25) is 18.8 Å². The maximum Gasteiger partial charge on any atom is 0.435 e. The minimum absolute atomic E-state index is 0.214. The lowest BCUT2D eigenvalue weighted by Gasteiger charge is -2.33. The molecule has 1 aliphatic heterocycles. The normalized spacial score (nSPS) is 16.4. The predicted octanol–water partition coefficient (Wildman–Crippen LogP) is 3.19. The summed E-state index contributed by atoms with van der Waals surface area (Å²) < 4.78 is 44.1. The van der Waals surface area contributed by atoms with Crippen molar-refractivity contribution in [2.24, 2.45) is 21.1 Å². The van der Waals surface area contributed by atoms with Crippen molar-refractivity contribution in [1.82, 2.24) is 39.2 Å². The van der Waals surface area contributed by atoms with E-state index >= 15 is 0 Å². The molecule has 4 aromatic rings. The molecule has 0 spiro atoms. The van der Waals surface area contributed by atoms with Crippen molar-refractivity contribution < 1.29 is 18.0 Å². The zero-order valence-corrected chi connectivity index (χ0v) is 19.3. The van der Waals surface area contributed by atoms with E-state index in [4.69, 9.17) is 0 Å². The summed E-state index contributed by atoms with van der Waals surface area (Å²) >= 11 is 0. The molecule has 0 saturated heterocycles. The molecule has 0 fully saturated rings. The predicted molar refractivity (Wildman–Crippen MR) is 117 cm³/mol. The molecule has 12 heteroatoms. The van der Waals surface area contributed by atoms with Crippen LogP contribution < -0.4 is 0 Å². The monoisotopic (exact) mass is 472 g/mol. The summed E-state index contributed by atoms with van der Waals surface area (Å²) in [6.07, 6.45) is -2.46. The van der Waals surface area contributed by atoms with E-state index in [9.17, 15) is 18.0 Å². The van der Waals surface area contributed by atoms with Crippen LogP contribution in [0.15, 0.2) is 18.3 Å². The number of carbonyl (C=O) groups is 1. The maximum absolute atomic E-state index is 13.5.